The molecule has 0 radical (unpaired) electrons. The van der Waals surface area contributed by atoms with Crippen molar-refractivity contribution in [3.63, 3.8) is 0 Å². The van der Waals surface area contributed by atoms with Crippen LogP contribution in [0, 0.1) is 0 Å². The number of aromatic amines is 1. The topological polar surface area (TPSA) is 75.2 Å². The maximum absolute atomic E-state index is 10.8. The number of benzene rings is 1. The number of nitrogens with one attached hydrogen (secondary N) is 1. The summed E-state index contributed by atoms with van der Waals surface area (Å²) in [5.74, 6) is -0.216. The van der Waals surface area contributed by atoms with Crippen LogP contribution in [0.15, 0.2) is 28.7 Å². The maximum atomic E-state index is 10.8. The summed E-state index contributed by atoms with van der Waals surface area (Å²) in [5, 5.41) is 15.3. The summed E-state index contributed by atoms with van der Waals surface area (Å²) in [5.41, 5.74) is 1.50. The average molecular weight is 323 g/mol. The third-order valence-electron chi connectivity index (χ3n) is 2.85. The van der Waals surface area contributed by atoms with E-state index in [-0.39, 0.29) is 5.69 Å². The monoisotopic (exact) mass is 322 g/mol. The van der Waals surface area contributed by atoms with Gasteiger partial charge >= 0.3 is 5.97 Å². The SMILES string of the molecule is O=C(O)c1cc(-c2ccc(OC3CC3)c(Br)c2)n[nH]1. The number of H-pyrrole nitrogens is 1. The van der Waals surface area contributed by atoms with E-state index < -0.39 is 5.97 Å². The zero-order chi connectivity index (χ0) is 13.4. The van der Waals surface area contributed by atoms with Gasteiger partial charge in [0, 0.05) is 5.56 Å². The van der Waals surface area contributed by atoms with E-state index >= 15 is 0 Å². The molecule has 5 nitrogen and oxygen atoms in total. The molecule has 0 saturated heterocycles. The molecular weight excluding hydrogens is 312 g/mol. The van der Waals surface area contributed by atoms with Crippen LogP contribution in [0.2, 0.25) is 0 Å². The van der Waals surface area contributed by atoms with Gasteiger partial charge in [0.1, 0.15) is 11.4 Å². The van der Waals surface area contributed by atoms with E-state index in [4.69, 9.17) is 9.84 Å². The third kappa shape index (κ3) is 2.63. The lowest BCUT2D eigenvalue weighted by atomic mass is 10.1. The summed E-state index contributed by atoms with van der Waals surface area (Å²) >= 11 is 3.46. The van der Waals surface area contributed by atoms with Crippen molar-refractivity contribution >= 4 is 21.9 Å². The van der Waals surface area contributed by atoms with Gasteiger partial charge in [-0.2, -0.15) is 5.10 Å². The number of carboxylic acids is 1. The van der Waals surface area contributed by atoms with Gasteiger partial charge in [-0.3, -0.25) is 5.10 Å². The summed E-state index contributed by atoms with van der Waals surface area (Å²) in [4.78, 5) is 10.8. The van der Waals surface area contributed by atoms with Crippen LogP contribution in [0.4, 0.5) is 0 Å². The number of ether oxygens (including phenoxy) is 1. The Kier molecular flexibility index (Phi) is 3.02. The Morgan fingerprint density at radius 2 is 2.21 bits per heavy atom. The number of nitrogens with zero attached hydrogens (tertiary/aromatic N) is 1. The second kappa shape index (κ2) is 4.70. The lowest BCUT2D eigenvalue weighted by molar-refractivity contribution is 0.0690. The van der Waals surface area contributed by atoms with Gasteiger partial charge in [0.15, 0.2) is 0 Å². The van der Waals surface area contributed by atoms with Crippen LogP contribution in [0.3, 0.4) is 0 Å². The lowest BCUT2D eigenvalue weighted by Gasteiger charge is -2.07. The summed E-state index contributed by atoms with van der Waals surface area (Å²) in [7, 11) is 0. The molecule has 0 amide bonds. The first-order valence-corrected chi connectivity index (χ1v) is 6.68. The summed E-state index contributed by atoms with van der Waals surface area (Å²) in [6.45, 7) is 0. The first-order chi connectivity index (χ1) is 9.13. The van der Waals surface area contributed by atoms with E-state index in [1.54, 1.807) is 0 Å². The normalized spacial score (nSPS) is 14.4. The van der Waals surface area contributed by atoms with Crippen LogP contribution < -0.4 is 4.74 Å². The van der Waals surface area contributed by atoms with E-state index in [0.29, 0.717) is 11.8 Å². The summed E-state index contributed by atoms with van der Waals surface area (Å²) in [6.07, 6.45) is 2.55. The van der Waals surface area contributed by atoms with Gasteiger partial charge in [-0.05, 0) is 53.0 Å². The molecule has 0 atom stereocenters. The molecular formula is C13H11BrN2O3. The molecule has 1 saturated carbocycles. The number of hydrogen-bond donors (Lipinski definition) is 2. The first-order valence-electron chi connectivity index (χ1n) is 5.89. The van der Waals surface area contributed by atoms with Crippen molar-refractivity contribution in [3.05, 3.63) is 34.4 Å². The fourth-order valence-corrected chi connectivity index (χ4v) is 2.17. The number of aromatic carboxylic acids is 1. The van der Waals surface area contributed by atoms with Crippen molar-refractivity contribution in [1.82, 2.24) is 10.2 Å². The Balaban J connectivity index is 1.87. The van der Waals surface area contributed by atoms with Crippen LogP contribution in [0.5, 0.6) is 5.75 Å². The van der Waals surface area contributed by atoms with E-state index in [2.05, 4.69) is 26.1 Å². The van der Waals surface area contributed by atoms with Crippen LogP contribution >= 0.6 is 15.9 Å². The fourth-order valence-electron chi connectivity index (χ4n) is 1.70. The number of halogens is 1. The molecule has 2 N–H and O–H groups in total. The van der Waals surface area contributed by atoms with Gasteiger partial charge in [0.2, 0.25) is 0 Å². The molecule has 98 valence electrons. The van der Waals surface area contributed by atoms with Gasteiger partial charge in [-0.15, -0.1) is 0 Å². The van der Waals surface area contributed by atoms with Gasteiger partial charge in [0.05, 0.1) is 16.3 Å². The average Bonchev–Trinajstić information content (AvgIpc) is 3.05. The Morgan fingerprint density at radius 1 is 1.42 bits per heavy atom. The molecule has 1 aliphatic rings. The minimum Gasteiger partial charge on any atom is -0.489 e. The molecule has 1 fully saturated rings. The van der Waals surface area contributed by atoms with Crippen LogP contribution in [0.25, 0.3) is 11.3 Å². The predicted octanol–water partition coefficient (Wildman–Crippen LogP) is 3.08. The molecule has 2 aromatic rings. The molecule has 0 bridgehead atoms. The Hall–Kier alpha value is -1.82. The highest BCUT2D eigenvalue weighted by molar-refractivity contribution is 9.10. The zero-order valence-corrected chi connectivity index (χ0v) is 11.5. The van der Waals surface area contributed by atoms with Crippen molar-refractivity contribution in [2.75, 3.05) is 0 Å². The number of aromatic nitrogens is 2. The molecule has 3 rings (SSSR count). The number of carbonyl (C=O) groups is 1. The summed E-state index contributed by atoms with van der Waals surface area (Å²) in [6, 6.07) is 7.11. The minimum absolute atomic E-state index is 0.0735. The Bertz CT molecular complexity index is 635. The molecule has 19 heavy (non-hydrogen) atoms. The van der Waals surface area contributed by atoms with Gasteiger partial charge in [-0.25, -0.2) is 4.79 Å². The van der Waals surface area contributed by atoms with Crippen LogP contribution in [-0.2, 0) is 0 Å². The van der Waals surface area contributed by atoms with Crippen molar-refractivity contribution in [2.24, 2.45) is 0 Å². The second-order valence-corrected chi connectivity index (χ2v) is 5.29. The van der Waals surface area contributed by atoms with E-state index in [0.717, 1.165) is 28.6 Å². The molecule has 1 heterocycles. The highest BCUT2D eigenvalue weighted by atomic mass is 79.9. The molecule has 1 aromatic carbocycles. The van der Waals surface area contributed by atoms with Crippen LogP contribution in [-0.4, -0.2) is 27.4 Å². The standard InChI is InChI=1S/C13H11BrN2O3/c14-9-5-7(1-4-12(9)19-8-2-3-8)10-6-11(13(17)18)16-15-10/h1,4-6,8H,2-3H2,(H,15,16)(H,17,18). The van der Waals surface area contributed by atoms with Crippen molar-refractivity contribution in [2.45, 2.75) is 18.9 Å². The predicted molar refractivity (Wildman–Crippen MR) is 72.3 cm³/mol. The van der Waals surface area contributed by atoms with Crippen LogP contribution in [0.1, 0.15) is 23.3 Å². The Morgan fingerprint density at radius 3 is 2.79 bits per heavy atom. The number of hydrogen-bond acceptors (Lipinski definition) is 3. The van der Waals surface area contributed by atoms with E-state index in [9.17, 15) is 4.79 Å². The van der Waals surface area contributed by atoms with Gasteiger partial charge in [-0.1, -0.05) is 0 Å². The zero-order valence-electron chi connectivity index (χ0n) is 9.89. The molecule has 1 aromatic heterocycles. The number of rotatable bonds is 4. The molecule has 0 aliphatic heterocycles. The highest BCUT2D eigenvalue weighted by Crippen LogP contribution is 2.34. The first kappa shape index (κ1) is 12.2. The van der Waals surface area contributed by atoms with Gasteiger partial charge in [0.25, 0.3) is 0 Å². The molecule has 0 spiro atoms. The number of carboxylic acid groups (broad SMARTS) is 1. The van der Waals surface area contributed by atoms with E-state index in [1.807, 2.05) is 18.2 Å². The largest absolute Gasteiger partial charge is 0.489 e. The molecule has 0 unspecified atom stereocenters. The quantitative estimate of drug-likeness (QED) is 0.907. The van der Waals surface area contributed by atoms with Gasteiger partial charge < -0.3 is 9.84 Å². The smallest absolute Gasteiger partial charge is 0.353 e. The lowest BCUT2D eigenvalue weighted by Crippen LogP contribution is -1.96. The van der Waals surface area contributed by atoms with Crippen molar-refractivity contribution in [3.8, 4) is 17.0 Å². The highest BCUT2D eigenvalue weighted by Gasteiger charge is 2.24. The maximum Gasteiger partial charge on any atom is 0.353 e. The third-order valence-corrected chi connectivity index (χ3v) is 3.47. The second-order valence-electron chi connectivity index (χ2n) is 4.43. The molecule has 6 heteroatoms. The fraction of sp³-hybridized carbons (Fsp3) is 0.231. The minimum atomic E-state index is -1.02. The van der Waals surface area contributed by atoms with Crippen molar-refractivity contribution < 1.29 is 14.6 Å². The van der Waals surface area contributed by atoms with E-state index in [1.165, 1.54) is 6.07 Å². The summed E-state index contributed by atoms with van der Waals surface area (Å²) < 4.78 is 6.57. The van der Waals surface area contributed by atoms with Crippen molar-refractivity contribution in [1.29, 1.82) is 0 Å². The Labute approximate surface area is 117 Å². The molecule has 1 aliphatic carbocycles.